The molecule has 0 aromatic heterocycles. The largest absolute Gasteiger partial charge is 0.495 e. The van der Waals surface area contributed by atoms with Crippen molar-refractivity contribution in [1.82, 2.24) is 10.2 Å². The fourth-order valence-electron chi connectivity index (χ4n) is 3.39. The van der Waals surface area contributed by atoms with Gasteiger partial charge in [-0.05, 0) is 49.2 Å². The van der Waals surface area contributed by atoms with Gasteiger partial charge in [-0.2, -0.15) is 0 Å². The van der Waals surface area contributed by atoms with Gasteiger partial charge in [0, 0.05) is 31.0 Å². The Morgan fingerprint density at radius 2 is 1.82 bits per heavy atom. The lowest BCUT2D eigenvalue weighted by molar-refractivity contribution is -0.140. The fraction of sp³-hybridized carbons (Fsp3) is 0.391. The summed E-state index contributed by atoms with van der Waals surface area (Å²) in [5.41, 5.74) is 1.25. The number of nitrogens with zero attached hydrogens (tertiary/aromatic N) is 2. The number of hydrogen-bond acceptors (Lipinski definition) is 5. The molecule has 0 saturated carbocycles. The van der Waals surface area contributed by atoms with Gasteiger partial charge >= 0.3 is 0 Å². The van der Waals surface area contributed by atoms with Crippen molar-refractivity contribution < 1.29 is 22.7 Å². The minimum Gasteiger partial charge on any atom is -0.495 e. The normalized spacial score (nSPS) is 12.1. The SMILES string of the molecule is CNC(=O)[C@@H](C)N(Cc1ccc(Br)cc1)C(=O)CCCN(c1ccc(OC)c(Cl)c1)S(C)(=O)=O. The second kappa shape index (κ2) is 12.4. The summed E-state index contributed by atoms with van der Waals surface area (Å²) in [6.07, 6.45) is 1.42. The summed E-state index contributed by atoms with van der Waals surface area (Å²) in [4.78, 5) is 26.9. The zero-order valence-corrected chi connectivity index (χ0v) is 22.7. The summed E-state index contributed by atoms with van der Waals surface area (Å²) in [6.45, 7) is 2.00. The Bertz CT molecular complexity index is 1110. The van der Waals surface area contributed by atoms with Crippen LogP contribution in [0.2, 0.25) is 5.02 Å². The Balaban J connectivity index is 2.16. The van der Waals surface area contributed by atoms with Gasteiger partial charge in [-0.15, -0.1) is 0 Å². The van der Waals surface area contributed by atoms with Crippen molar-refractivity contribution in [1.29, 1.82) is 0 Å². The van der Waals surface area contributed by atoms with E-state index in [9.17, 15) is 18.0 Å². The molecule has 2 amide bonds. The highest BCUT2D eigenvalue weighted by Crippen LogP contribution is 2.30. The molecule has 2 aromatic rings. The summed E-state index contributed by atoms with van der Waals surface area (Å²) in [7, 11) is -0.627. The minimum absolute atomic E-state index is 0.0633. The topological polar surface area (TPSA) is 96.0 Å². The van der Waals surface area contributed by atoms with Gasteiger partial charge in [0.1, 0.15) is 11.8 Å². The van der Waals surface area contributed by atoms with E-state index < -0.39 is 16.1 Å². The molecule has 8 nitrogen and oxygen atoms in total. The van der Waals surface area contributed by atoms with Crippen molar-refractivity contribution in [3.8, 4) is 5.75 Å². The number of methoxy groups -OCH3 is 1. The summed E-state index contributed by atoms with van der Waals surface area (Å²) in [6, 6.07) is 11.5. The number of ether oxygens (including phenoxy) is 1. The third-order valence-electron chi connectivity index (χ3n) is 5.26. The van der Waals surface area contributed by atoms with Crippen LogP contribution in [0.1, 0.15) is 25.3 Å². The molecule has 34 heavy (non-hydrogen) atoms. The molecule has 186 valence electrons. The highest BCUT2D eigenvalue weighted by atomic mass is 79.9. The average molecular weight is 575 g/mol. The smallest absolute Gasteiger partial charge is 0.242 e. The molecule has 0 aliphatic rings. The summed E-state index contributed by atoms with van der Waals surface area (Å²) in [5, 5.41) is 2.86. The molecule has 0 bridgehead atoms. The van der Waals surface area contributed by atoms with Crippen LogP contribution < -0.4 is 14.4 Å². The first-order valence-corrected chi connectivity index (χ1v) is 13.6. The van der Waals surface area contributed by atoms with Crippen LogP contribution in [0.5, 0.6) is 5.75 Å². The zero-order valence-electron chi connectivity index (χ0n) is 19.5. The third kappa shape index (κ3) is 7.61. The van der Waals surface area contributed by atoms with Gasteiger partial charge < -0.3 is 15.0 Å². The highest BCUT2D eigenvalue weighted by Gasteiger charge is 2.26. The first kappa shape index (κ1) is 27.9. The van der Waals surface area contributed by atoms with Crippen molar-refractivity contribution >= 4 is 55.1 Å². The summed E-state index contributed by atoms with van der Waals surface area (Å²) >= 11 is 9.55. The van der Waals surface area contributed by atoms with Crippen LogP contribution in [0, 0.1) is 0 Å². The molecule has 0 saturated heterocycles. The second-order valence-electron chi connectivity index (χ2n) is 7.70. The molecule has 0 spiro atoms. The Morgan fingerprint density at radius 3 is 2.35 bits per heavy atom. The maximum absolute atomic E-state index is 13.1. The second-order valence-corrected chi connectivity index (χ2v) is 10.9. The lowest BCUT2D eigenvalue weighted by Gasteiger charge is -2.29. The number of carbonyl (C=O) groups excluding carboxylic acids is 2. The molecule has 11 heteroatoms. The van der Waals surface area contributed by atoms with Gasteiger partial charge in [-0.1, -0.05) is 39.7 Å². The molecule has 1 atom stereocenters. The van der Waals surface area contributed by atoms with Crippen LogP contribution in [0.15, 0.2) is 46.9 Å². The van der Waals surface area contributed by atoms with Gasteiger partial charge in [0.15, 0.2) is 0 Å². The number of carbonyl (C=O) groups is 2. The molecular formula is C23H29BrClN3O5S. The van der Waals surface area contributed by atoms with Crippen molar-refractivity contribution in [2.24, 2.45) is 0 Å². The molecule has 0 heterocycles. The van der Waals surface area contributed by atoms with Gasteiger partial charge in [-0.3, -0.25) is 13.9 Å². The lowest BCUT2D eigenvalue weighted by atomic mass is 10.1. The van der Waals surface area contributed by atoms with Crippen LogP contribution in [0.25, 0.3) is 0 Å². The predicted octanol–water partition coefficient (Wildman–Crippen LogP) is 3.82. The molecule has 2 aromatic carbocycles. The van der Waals surface area contributed by atoms with Crippen LogP contribution in [-0.4, -0.2) is 58.1 Å². The molecule has 0 aliphatic heterocycles. The Labute approximate surface area is 214 Å². The highest BCUT2D eigenvalue weighted by molar-refractivity contribution is 9.10. The van der Waals surface area contributed by atoms with E-state index in [1.165, 1.54) is 29.4 Å². The van der Waals surface area contributed by atoms with Gasteiger partial charge in [0.05, 0.1) is 24.1 Å². The van der Waals surface area contributed by atoms with Crippen LogP contribution in [0.3, 0.4) is 0 Å². The fourth-order valence-corrected chi connectivity index (χ4v) is 4.87. The number of nitrogens with one attached hydrogen (secondary N) is 1. The molecular weight excluding hydrogens is 546 g/mol. The standard InChI is InChI=1S/C23H29BrClN3O5S/c1-16(23(30)26-2)27(15-17-7-9-18(24)10-8-17)22(29)6-5-13-28(34(4,31)32)19-11-12-21(33-3)20(25)14-19/h7-12,14,16H,5-6,13,15H2,1-4H3,(H,26,30)/t16-/m1/s1. The summed E-state index contributed by atoms with van der Waals surface area (Å²) < 4.78 is 32.1. The minimum atomic E-state index is -3.62. The van der Waals surface area contributed by atoms with E-state index >= 15 is 0 Å². The first-order chi connectivity index (χ1) is 16.0. The number of halogens is 2. The van der Waals surface area contributed by atoms with Crippen molar-refractivity contribution in [3.05, 3.63) is 57.5 Å². The number of amides is 2. The van der Waals surface area contributed by atoms with E-state index in [0.29, 0.717) is 11.4 Å². The van der Waals surface area contributed by atoms with E-state index in [1.54, 1.807) is 19.1 Å². The Kier molecular flexibility index (Phi) is 10.2. The third-order valence-corrected chi connectivity index (χ3v) is 7.27. The van der Waals surface area contributed by atoms with Gasteiger partial charge in [0.2, 0.25) is 21.8 Å². The number of hydrogen-bond donors (Lipinski definition) is 1. The average Bonchev–Trinajstić information content (AvgIpc) is 2.79. The summed E-state index contributed by atoms with van der Waals surface area (Å²) in [5.74, 6) is -0.0999. The monoisotopic (exact) mass is 573 g/mol. The van der Waals surface area contributed by atoms with Crippen LogP contribution in [-0.2, 0) is 26.2 Å². The first-order valence-electron chi connectivity index (χ1n) is 10.5. The van der Waals surface area contributed by atoms with Crippen LogP contribution in [0.4, 0.5) is 5.69 Å². The molecule has 0 unspecified atom stereocenters. The van der Waals surface area contributed by atoms with Crippen LogP contribution >= 0.6 is 27.5 Å². The molecule has 0 aliphatic carbocycles. The van der Waals surface area contributed by atoms with Gasteiger partial charge in [0.25, 0.3) is 0 Å². The number of anilines is 1. The lowest BCUT2D eigenvalue weighted by Crippen LogP contribution is -2.46. The molecule has 0 radical (unpaired) electrons. The van der Waals surface area contributed by atoms with E-state index in [2.05, 4.69) is 21.2 Å². The molecule has 1 N–H and O–H groups in total. The quantitative estimate of drug-likeness (QED) is 0.440. The molecule has 2 rings (SSSR count). The maximum atomic E-state index is 13.1. The van der Waals surface area contributed by atoms with E-state index in [-0.39, 0.29) is 42.8 Å². The zero-order chi connectivity index (χ0) is 25.5. The number of rotatable bonds is 11. The Hall–Kier alpha value is -2.30. The molecule has 0 fully saturated rings. The number of likely N-dealkylation sites (N-methyl/N-ethyl adjacent to an activating group) is 1. The number of benzene rings is 2. The Morgan fingerprint density at radius 1 is 1.18 bits per heavy atom. The number of sulfonamides is 1. The van der Waals surface area contributed by atoms with Crippen molar-refractivity contribution in [2.45, 2.75) is 32.4 Å². The van der Waals surface area contributed by atoms with E-state index in [0.717, 1.165) is 16.3 Å². The van der Waals surface area contributed by atoms with Crippen molar-refractivity contribution in [2.75, 3.05) is 31.3 Å². The van der Waals surface area contributed by atoms with Gasteiger partial charge in [-0.25, -0.2) is 8.42 Å². The van der Waals surface area contributed by atoms with Crippen molar-refractivity contribution in [3.63, 3.8) is 0 Å². The predicted molar refractivity (Wildman–Crippen MR) is 138 cm³/mol. The van der Waals surface area contributed by atoms with E-state index in [1.807, 2.05) is 24.3 Å². The maximum Gasteiger partial charge on any atom is 0.242 e. The van der Waals surface area contributed by atoms with E-state index in [4.69, 9.17) is 16.3 Å².